The summed E-state index contributed by atoms with van der Waals surface area (Å²) in [5.74, 6) is -2.45. The maximum atomic E-state index is 12.8. The zero-order valence-electron chi connectivity index (χ0n) is 41.5. The zero-order chi connectivity index (χ0) is 47.4. The molecule has 0 spiro atoms. The van der Waals surface area contributed by atoms with Crippen LogP contribution in [0.2, 0.25) is 0 Å². The molecule has 0 aromatic rings. The number of carboxylic acid groups (broad SMARTS) is 1. The number of aliphatic hydroxyl groups is 3. The van der Waals surface area contributed by atoms with E-state index in [1.165, 1.54) is 148 Å². The highest BCUT2D eigenvalue weighted by Gasteiger charge is 2.47. The van der Waals surface area contributed by atoms with Crippen molar-refractivity contribution in [2.24, 2.45) is 0 Å². The van der Waals surface area contributed by atoms with Gasteiger partial charge in [0.15, 0.2) is 18.5 Å². The summed E-state index contributed by atoms with van der Waals surface area (Å²) in [7, 11) is 0. The van der Waals surface area contributed by atoms with E-state index in [9.17, 15) is 34.8 Å². The molecule has 11 nitrogen and oxygen atoms in total. The van der Waals surface area contributed by atoms with Crippen molar-refractivity contribution in [2.45, 2.75) is 288 Å². The van der Waals surface area contributed by atoms with Crippen LogP contribution in [0.1, 0.15) is 251 Å². The molecule has 6 atom stereocenters. The number of allylic oxidation sites excluding steroid dienone is 4. The SMILES string of the molecule is CCCCC/C=C\C/C=C\CCCCCCCC(=O)OCC(COC1OC(C(=O)O)C(O)C(O)C1O)OC(=O)CCCCCCCCCCCCCCCCCCCCCCCCCC. The molecule has 380 valence electrons. The number of unbranched alkanes of at least 4 members (excludes halogenated alkanes) is 31. The highest BCUT2D eigenvalue weighted by atomic mass is 16.7. The lowest BCUT2D eigenvalue weighted by molar-refractivity contribution is -0.298. The normalized spacial score (nSPS) is 19.3. The largest absolute Gasteiger partial charge is 0.479 e. The van der Waals surface area contributed by atoms with Crippen LogP contribution in [0, 0.1) is 0 Å². The number of aliphatic carboxylic acids is 1. The Kier molecular flexibility index (Phi) is 41.3. The van der Waals surface area contributed by atoms with Crippen LogP contribution in [0.5, 0.6) is 0 Å². The highest BCUT2D eigenvalue weighted by molar-refractivity contribution is 5.73. The fourth-order valence-electron chi connectivity index (χ4n) is 8.32. The van der Waals surface area contributed by atoms with Crippen LogP contribution in [-0.2, 0) is 33.3 Å². The Bertz CT molecular complexity index is 1180. The van der Waals surface area contributed by atoms with Crippen LogP contribution in [0.4, 0.5) is 0 Å². The number of rotatable bonds is 46. The highest BCUT2D eigenvalue weighted by Crippen LogP contribution is 2.23. The van der Waals surface area contributed by atoms with E-state index in [2.05, 4.69) is 38.2 Å². The summed E-state index contributed by atoms with van der Waals surface area (Å²) >= 11 is 0. The van der Waals surface area contributed by atoms with Gasteiger partial charge in [-0.1, -0.05) is 218 Å². The van der Waals surface area contributed by atoms with Crippen LogP contribution in [0.25, 0.3) is 0 Å². The molecule has 0 radical (unpaired) electrons. The minimum atomic E-state index is -1.86. The molecular formula is C54H98O11. The van der Waals surface area contributed by atoms with E-state index in [-0.39, 0.29) is 26.1 Å². The van der Waals surface area contributed by atoms with E-state index >= 15 is 0 Å². The van der Waals surface area contributed by atoms with Gasteiger partial charge in [0.05, 0.1) is 6.61 Å². The van der Waals surface area contributed by atoms with Gasteiger partial charge in [0, 0.05) is 12.8 Å². The van der Waals surface area contributed by atoms with Crippen molar-refractivity contribution >= 4 is 17.9 Å². The van der Waals surface area contributed by atoms with Gasteiger partial charge in [-0.2, -0.15) is 0 Å². The molecule has 6 unspecified atom stereocenters. The lowest BCUT2D eigenvalue weighted by Crippen LogP contribution is -2.60. The van der Waals surface area contributed by atoms with Crippen molar-refractivity contribution in [3.8, 4) is 0 Å². The van der Waals surface area contributed by atoms with Crippen LogP contribution in [0.3, 0.4) is 0 Å². The van der Waals surface area contributed by atoms with Crippen molar-refractivity contribution in [2.75, 3.05) is 13.2 Å². The number of carbonyl (C=O) groups is 3. The maximum Gasteiger partial charge on any atom is 0.335 e. The number of carboxylic acids is 1. The van der Waals surface area contributed by atoms with E-state index in [1.54, 1.807) is 0 Å². The van der Waals surface area contributed by atoms with E-state index < -0.39 is 54.7 Å². The van der Waals surface area contributed by atoms with E-state index in [1.807, 2.05) is 0 Å². The molecule has 1 aliphatic rings. The Hall–Kier alpha value is -2.31. The third kappa shape index (κ3) is 35.5. The molecule has 0 bridgehead atoms. The van der Waals surface area contributed by atoms with Crippen molar-refractivity contribution in [3.05, 3.63) is 24.3 Å². The quantitative estimate of drug-likeness (QED) is 0.0260. The standard InChI is InChI=1S/C54H98O11/c1-3-5-7-9-11-13-15-17-19-20-21-22-23-24-25-26-27-29-31-33-35-37-39-41-43-48(56)64-46(45-63-54-51(59)49(57)50(58)52(65-54)53(60)61)44-62-47(55)42-40-38-36-34-32-30-28-18-16-14-12-10-8-6-4-2/h12,14,18,28,46,49-52,54,57-59H,3-11,13,15-17,19-27,29-45H2,1-2H3,(H,60,61)/b14-12-,28-18-. The van der Waals surface area contributed by atoms with Crippen LogP contribution in [-0.4, -0.2) is 88.4 Å². The molecule has 1 saturated heterocycles. The Labute approximate surface area is 396 Å². The second-order valence-electron chi connectivity index (χ2n) is 18.7. The lowest BCUT2D eigenvalue weighted by Gasteiger charge is -2.38. The Morgan fingerprint density at radius 2 is 0.862 bits per heavy atom. The van der Waals surface area contributed by atoms with Gasteiger partial charge in [-0.05, 0) is 44.9 Å². The molecule has 0 amide bonds. The van der Waals surface area contributed by atoms with Crippen molar-refractivity contribution in [3.63, 3.8) is 0 Å². The molecule has 65 heavy (non-hydrogen) atoms. The Morgan fingerprint density at radius 3 is 1.31 bits per heavy atom. The smallest absolute Gasteiger partial charge is 0.335 e. The van der Waals surface area contributed by atoms with Gasteiger partial charge < -0.3 is 39.4 Å². The summed E-state index contributed by atoms with van der Waals surface area (Å²) in [6.45, 7) is 3.82. The average Bonchev–Trinajstić information content (AvgIpc) is 3.29. The molecule has 4 N–H and O–H groups in total. The molecule has 1 heterocycles. The molecule has 1 fully saturated rings. The first-order valence-electron chi connectivity index (χ1n) is 26.9. The molecule has 0 saturated carbocycles. The molecule has 11 heteroatoms. The summed E-state index contributed by atoms with van der Waals surface area (Å²) in [6.07, 6.45) is 42.4. The topological polar surface area (TPSA) is 169 Å². The summed E-state index contributed by atoms with van der Waals surface area (Å²) in [4.78, 5) is 37.0. The van der Waals surface area contributed by atoms with Crippen LogP contribution >= 0.6 is 0 Å². The van der Waals surface area contributed by atoms with Crippen molar-refractivity contribution < 1.29 is 53.8 Å². The van der Waals surface area contributed by atoms with Gasteiger partial charge in [0.25, 0.3) is 0 Å². The zero-order valence-corrected chi connectivity index (χ0v) is 41.5. The number of carbonyl (C=O) groups excluding carboxylic acids is 2. The second-order valence-corrected chi connectivity index (χ2v) is 18.7. The van der Waals surface area contributed by atoms with Crippen molar-refractivity contribution in [1.29, 1.82) is 0 Å². The Morgan fingerprint density at radius 1 is 0.477 bits per heavy atom. The van der Waals surface area contributed by atoms with Gasteiger partial charge in [0.2, 0.25) is 0 Å². The fourth-order valence-corrected chi connectivity index (χ4v) is 8.32. The predicted molar refractivity (Wildman–Crippen MR) is 262 cm³/mol. The van der Waals surface area contributed by atoms with Crippen LogP contribution < -0.4 is 0 Å². The monoisotopic (exact) mass is 923 g/mol. The molecule has 0 aromatic carbocycles. The second kappa shape index (κ2) is 44.2. The van der Waals surface area contributed by atoms with E-state index in [0.717, 1.165) is 64.2 Å². The number of esters is 2. The minimum Gasteiger partial charge on any atom is -0.479 e. The van der Waals surface area contributed by atoms with Crippen molar-refractivity contribution in [1.82, 2.24) is 0 Å². The molecule has 1 rings (SSSR count). The van der Waals surface area contributed by atoms with Gasteiger partial charge in [-0.3, -0.25) is 9.59 Å². The summed E-state index contributed by atoms with van der Waals surface area (Å²) in [6, 6.07) is 0. The predicted octanol–water partition coefficient (Wildman–Crippen LogP) is 12.9. The van der Waals surface area contributed by atoms with E-state index in [4.69, 9.17) is 18.9 Å². The molecule has 0 aromatic heterocycles. The first kappa shape index (κ1) is 60.7. The first-order chi connectivity index (χ1) is 31.7. The van der Waals surface area contributed by atoms with Gasteiger partial charge in [0.1, 0.15) is 24.9 Å². The average molecular weight is 923 g/mol. The third-order valence-corrected chi connectivity index (χ3v) is 12.6. The maximum absolute atomic E-state index is 12.8. The molecule has 1 aliphatic heterocycles. The number of aliphatic hydroxyl groups excluding tert-OH is 3. The van der Waals surface area contributed by atoms with Gasteiger partial charge >= 0.3 is 17.9 Å². The van der Waals surface area contributed by atoms with E-state index in [0.29, 0.717) is 12.8 Å². The number of hydrogen-bond acceptors (Lipinski definition) is 10. The van der Waals surface area contributed by atoms with Gasteiger partial charge in [-0.25, -0.2) is 4.79 Å². The summed E-state index contributed by atoms with van der Waals surface area (Å²) in [5, 5.41) is 40.0. The Balaban J connectivity index is 2.25. The summed E-state index contributed by atoms with van der Waals surface area (Å²) < 4.78 is 21.8. The van der Waals surface area contributed by atoms with Gasteiger partial charge in [-0.15, -0.1) is 0 Å². The van der Waals surface area contributed by atoms with Crippen LogP contribution in [0.15, 0.2) is 24.3 Å². The minimum absolute atomic E-state index is 0.185. The molecule has 0 aliphatic carbocycles. The third-order valence-electron chi connectivity index (χ3n) is 12.6. The first-order valence-corrected chi connectivity index (χ1v) is 26.9. The summed E-state index contributed by atoms with van der Waals surface area (Å²) in [5.41, 5.74) is 0. The number of hydrogen-bond donors (Lipinski definition) is 4. The molecular weight excluding hydrogens is 825 g/mol. The number of ether oxygens (including phenoxy) is 4. The lowest BCUT2D eigenvalue weighted by atomic mass is 9.99. The fraction of sp³-hybridized carbons (Fsp3) is 0.870.